The molecule has 2 aromatic carbocycles. The van der Waals surface area contributed by atoms with Gasteiger partial charge in [0, 0.05) is 15.5 Å². The monoisotopic (exact) mass is 324 g/mol. The maximum absolute atomic E-state index is 12.4. The molecule has 1 atom stereocenters. The predicted octanol–water partition coefficient (Wildman–Crippen LogP) is 3.35. The van der Waals surface area contributed by atoms with Gasteiger partial charge in [-0.15, -0.1) is 0 Å². The first-order valence-corrected chi connectivity index (χ1v) is 7.75. The topological polar surface area (TPSA) is 63.6 Å². The van der Waals surface area contributed by atoms with Crippen molar-refractivity contribution in [3.8, 4) is 5.75 Å². The molecule has 21 heavy (non-hydrogen) atoms. The summed E-state index contributed by atoms with van der Waals surface area (Å²) >= 11 is 5.94. The Hall–Kier alpha value is -1.85. The van der Waals surface area contributed by atoms with Crippen molar-refractivity contribution in [2.45, 2.75) is 10.6 Å². The third-order valence-corrected chi connectivity index (χ3v) is 4.46. The molecule has 6 heteroatoms. The summed E-state index contributed by atoms with van der Waals surface area (Å²) < 4.78 is 17.6. The van der Waals surface area contributed by atoms with Crippen LogP contribution in [0.2, 0.25) is 5.02 Å². The lowest BCUT2D eigenvalue weighted by molar-refractivity contribution is 0.0696. The number of methoxy groups -OCH3 is 1. The minimum Gasteiger partial charge on any atom is -0.496 e. The fraction of sp³-hybridized carbons (Fsp3) is 0.133. The maximum atomic E-state index is 12.4. The highest BCUT2D eigenvalue weighted by Crippen LogP contribution is 2.25. The molecule has 0 amide bonds. The van der Waals surface area contributed by atoms with Crippen LogP contribution in [0.25, 0.3) is 0 Å². The van der Waals surface area contributed by atoms with E-state index in [2.05, 4.69) is 0 Å². The molecule has 0 saturated carbocycles. The standard InChI is InChI=1S/C15H13ClO4S/c1-20-14-6-5-12(16)7-11(14)9-21(19)13-4-2-3-10(8-13)15(17)18/h2-8H,9H2,1H3,(H,17,18). The van der Waals surface area contributed by atoms with E-state index in [1.54, 1.807) is 30.3 Å². The highest BCUT2D eigenvalue weighted by atomic mass is 35.5. The molecule has 0 saturated heterocycles. The quantitative estimate of drug-likeness (QED) is 0.916. The van der Waals surface area contributed by atoms with Gasteiger partial charge in [0.1, 0.15) is 5.75 Å². The lowest BCUT2D eigenvalue weighted by atomic mass is 10.2. The van der Waals surface area contributed by atoms with Crippen LogP contribution in [0.15, 0.2) is 47.4 Å². The lowest BCUT2D eigenvalue weighted by Crippen LogP contribution is -2.02. The second-order valence-electron chi connectivity index (χ2n) is 4.28. The fourth-order valence-electron chi connectivity index (χ4n) is 1.86. The van der Waals surface area contributed by atoms with E-state index in [0.29, 0.717) is 21.2 Å². The largest absolute Gasteiger partial charge is 0.496 e. The van der Waals surface area contributed by atoms with Gasteiger partial charge < -0.3 is 9.84 Å². The van der Waals surface area contributed by atoms with Gasteiger partial charge in [-0.05, 0) is 36.4 Å². The number of carboxylic acid groups (broad SMARTS) is 1. The number of hydrogen-bond donors (Lipinski definition) is 1. The molecule has 0 bridgehead atoms. The average Bonchev–Trinajstić information content (AvgIpc) is 2.47. The van der Waals surface area contributed by atoms with Crippen molar-refractivity contribution < 1.29 is 18.8 Å². The molecule has 0 fully saturated rings. The summed E-state index contributed by atoms with van der Waals surface area (Å²) in [5.41, 5.74) is 0.822. The highest BCUT2D eigenvalue weighted by molar-refractivity contribution is 7.84. The van der Waals surface area contributed by atoms with Crippen molar-refractivity contribution in [2.75, 3.05) is 7.11 Å². The Morgan fingerprint density at radius 3 is 2.71 bits per heavy atom. The summed E-state index contributed by atoms with van der Waals surface area (Å²) in [4.78, 5) is 11.4. The molecule has 1 unspecified atom stereocenters. The van der Waals surface area contributed by atoms with E-state index in [1.807, 2.05) is 0 Å². The Morgan fingerprint density at radius 2 is 2.05 bits per heavy atom. The molecule has 4 nitrogen and oxygen atoms in total. The first-order valence-electron chi connectivity index (χ1n) is 6.05. The first-order chi connectivity index (χ1) is 10.0. The lowest BCUT2D eigenvalue weighted by Gasteiger charge is -2.09. The van der Waals surface area contributed by atoms with Crippen molar-refractivity contribution in [3.63, 3.8) is 0 Å². The Bertz CT molecular complexity index is 700. The van der Waals surface area contributed by atoms with Crippen molar-refractivity contribution in [2.24, 2.45) is 0 Å². The normalized spacial score (nSPS) is 11.9. The summed E-state index contributed by atoms with van der Waals surface area (Å²) in [6.07, 6.45) is 0. The number of ether oxygens (including phenoxy) is 1. The Morgan fingerprint density at radius 1 is 1.29 bits per heavy atom. The molecular formula is C15H13ClO4S. The molecular weight excluding hydrogens is 312 g/mol. The minimum absolute atomic E-state index is 0.110. The van der Waals surface area contributed by atoms with Gasteiger partial charge in [-0.25, -0.2) is 4.79 Å². The van der Waals surface area contributed by atoms with Gasteiger partial charge in [0.2, 0.25) is 0 Å². The van der Waals surface area contributed by atoms with Crippen LogP contribution in [-0.4, -0.2) is 22.4 Å². The van der Waals surface area contributed by atoms with Gasteiger partial charge in [-0.2, -0.15) is 0 Å². The molecule has 0 aliphatic carbocycles. The third kappa shape index (κ3) is 3.83. The molecule has 2 aromatic rings. The van der Waals surface area contributed by atoms with Crippen LogP contribution in [-0.2, 0) is 16.6 Å². The van der Waals surface area contributed by atoms with Gasteiger partial charge in [0.15, 0.2) is 0 Å². The van der Waals surface area contributed by atoms with Crippen LogP contribution >= 0.6 is 11.6 Å². The number of carbonyl (C=O) groups is 1. The summed E-state index contributed by atoms with van der Waals surface area (Å²) in [5.74, 6) is -0.247. The van der Waals surface area contributed by atoms with Gasteiger partial charge >= 0.3 is 5.97 Å². The van der Waals surface area contributed by atoms with Gasteiger partial charge in [0.05, 0.1) is 29.2 Å². The Balaban J connectivity index is 2.28. The van der Waals surface area contributed by atoms with E-state index in [9.17, 15) is 9.00 Å². The zero-order chi connectivity index (χ0) is 15.4. The van der Waals surface area contributed by atoms with Crippen molar-refractivity contribution in [1.82, 2.24) is 0 Å². The van der Waals surface area contributed by atoms with Crippen LogP contribution in [0.4, 0.5) is 0 Å². The van der Waals surface area contributed by atoms with Crippen LogP contribution in [0.3, 0.4) is 0 Å². The van der Waals surface area contributed by atoms with E-state index in [0.717, 1.165) is 0 Å². The van der Waals surface area contributed by atoms with Crippen molar-refractivity contribution in [1.29, 1.82) is 0 Å². The number of halogens is 1. The second kappa shape index (κ2) is 6.74. The zero-order valence-corrected chi connectivity index (χ0v) is 12.8. The molecule has 110 valence electrons. The van der Waals surface area contributed by atoms with Crippen LogP contribution in [0.5, 0.6) is 5.75 Å². The van der Waals surface area contributed by atoms with E-state index in [-0.39, 0.29) is 11.3 Å². The van der Waals surface area contributed by atoms with E-state index in [4.69, 9.17) is 21.4 Å². The van der Waals surface area contributed by atoms with Crippen molar-refractivity contribution >= 4 is 28.4 Å². The minimum atomic E-state index is -1.38. The average molecular weight is 325 g/mol. The van der Waals surface area contributed by atoms with Gasteiger partial charge in [-0.3, -0.25) is 4.21 Å². The Kier molecular flexibility index (Phi) is 4.98. The van der Waals surface area contributed by atoms with Crippen LogP contribution in [0.1, 0.15) is 15.9 Å². The SMILES string of the molecule is COc1ccc(Cl)cc1CS(=O)c1cccc(C(=O)O)c1. The number of carboxylic acids is 1. The predicted molar refractivity (Wildman–Crippen MR) is 81.5 cm³/mol. The molecule has 2 rings (SSSR count). The number of hydrogen-bond acceptors (Lipinski definition) is 3. The number of benzene rings is 2. The molecule has 0 radical (unpaired) electrons. The summed E-state index contributed by atoms with van der Waals surface area (Å²) in [6.45, 7) is 0. The summed E-state index contributed by atoms with van der Waals surface area (Å²) in [6, 6.07) is 11.2. The number of rotatable bonds is 5. The maximum Gasteiger partial charge on any atom is 0.335 e. The molecule has 0 aliphatic heterocycles. The van der Waals surface area contributed by atoms with Crippen molar-refractivity contribution in [3.05, 3.63) is 58.6 Å². The third-order valence-electron chi connectivity index (χ3n) is 2.87. The van der Waals surface area contributed by atoms with E-state index < -0.39 is 16.8 Å². The van der Waals surface area contributed by atoms with Gasteiger partial charge in [-0.1, -0.05) is 17.7 Å². The molecule has 0 heterocycles. The van der Waals surface area contributed by atoms with E-state index in [1.165, 1.54) is 19.2 Å². The highest BCUT2D eigenvalue weighted by Gasteiger charge is 2.12. The van der Waals surface area contributed by atoms with Crippen LogP contribution < -0.4 is 4.74 Å². The Labute approximate surface area is 129 Å². The smallest absolute Gasteiger partial charge is 0.335 e. The fourth-order valence-corrected chi connectivity index (χ4v) is 3.21. The van der Waals surface area contributed by atoms with Crippen LogP contribution in [0, 0.1) is 0 Å². The molecule has 0 spiro atoms. The number of aromatic carboxylic acids is 1. The molecule has 0 aromatic heterocycles. The van der Waals surface area contributed by atoms with E-state index >= 15 is 0 Å². The first kappa shape index (κ1) is 15.5. The summed E-state index contributed by atoms with van der Waals surface area (Å²) in [7, 11) is 0.145. The molecule has 1 N–H and O–H groups in total. The second-order valence-corrected chi connectivity index (χ2v) is 6.17. The zero-order valence-electron chi connectivity index (χ0n) is 11.2. The summed E-state index contributed by atoms with van der Waals surface area (Å²) in [5, 5.41) is 9.49. The van der Waals surface area contributed by atoms with Gasteiger partial charge in [0.25, 0.3) is 0 Å². The molecule has 0 aliphatic rings.